The second-order valence-electron chi connectivity index (χ2n) is 5.66. The molecule has 2 rings (SSSR count). The molecule has 2 aromatic carbocycles. The van der Waals surface area contributed by atoms with Crippen molar-refractivity contribution < 1.29 is 4.39 Å². The van der Waals surface area contributed by atoms with Crippen molar-refractivity contribution in [3.8, 4) is 0 Å². The summed E-state index contributed by atoms with van der Waals surface area (Å²) in [6, 6.07) is 14.0. The van der Waals surface area contributed by atoms with Gasteiger partial charge < -0.3 is 5.32 Å². The molecule has 1 nitrogen and oxygen atoms in total. The maximum absolute atomic E-state index is 13.8. The molecule has 0 aliphatic heterocycles. The van der Waals surface area contributed by atoms with Crippen molar-refractivity contribution in [2.45, 2.75) is 39.3 Å². The van der Waals surface area contributed by atoms with E-state index in [4.69, 9.17) is 0 Å². The summed E-state index contributed by atoms with van der Waals surface area (Å²) in [6.07, 6.45) is 0. The number of benzene rings is 2. The normalized spacial score (nSPS) is 12.7. The van der Waals surface area contributed by atoms with E-state index in [1.54, 1.807) is 6.07 Å². The van der Waals surface area contributed by atoms with Gasteiger partial charge in [-0.05, 0) is 36.1 Å². The van der Waals surface area contributed by atoms with E-state index in [0.717, 1.165) is 4.47 Å². The van der Waals surface area contributed by atoms with Gasteiger partial charge in [-0.3, -0.25) is 0 Å². The van der Waals surface area contributed by atoms with Gasteiger partial charge in [-0.25, -0.2) is 4.39 Å². The van der Waals surface area contributed by atoms with Crippen molar-refractivity contribution >= 4 is 15.9 Å². The molecule has 1 atom stereocenters. The highest BCUT2D eigenvalue weighted by molar-refractivity contribution is 9.10. The molecule has 0 amide bonds. The first kappa shape index (κ1) is 16.2. The van der Waals surface area contributed by atoms with Crippen LogP contribution in [0.3, 0.4) is 0 Å². The second kappa shape index (κ2) is 7.19. The molecule has 0 saturated carbocycles. The van der Waals surface area contributed by atoms with Crippen LogP contribution >= 0.6 is 15.9 Å². The molecule has 0 saturated heterocycles. The van der Waals surface area contributed by atoms with Crippen LogP contribution in [0.2, 0.25) is 0 Å². The maximum Gasteiger partial charge on any atom is 0.128 e. The van der Waals surface area contributed by atoms with E-state index in [-0.39, 0.29) is 11.9 Å². The number of rotatable bonds is 5. The highest BCUT2D eigenvalue weighted by atomic mass is 79.9. The van der Waals surface area contributed by atoms with Gasteiger partial charge in [-0.1, -0.05) is 60.1 Å². The molecule has 0 aliphatic rings. The van der Waals surface area contributed by atoms with Gasteiger partial charge in [0.2, 0.25) is 0 Å². The van der Waals surface area contributed by atoms with Gasteiger partial charge in [0.1, 0.15) is 5.82 Å². The first-order valence-corrected chi connectivity index (χ1v) is 8.04. The van der Waals surface area contributed by atoms with E-state index >= 15 is 0 Å². The molecule has 0 spiro atoms. The maximum atomic E-state index is 13.8. The Bertz CT molecular complexity index is 593. The van der Waals surface area contributed by atoms with E-state index in [0.29, 0.717) is 18.0 Å². The predicted molar refractivity (Wildman–Crippen MR) is 89.9 cm³/mol. The Labute approximate surface area is 134 Å². The molecule has 0 fully saturated rings. The largest absolute Gasteiger partial charge is 0.306 e. The van der Waals surface area contributed by atoms with Crippen LogP contribution in [0.25, 0.3) is 0 Å². The summed E-state index contributed by atoms with van der Waals surface area (Å²) >= 11 is 3.27. The zero-order valence-electron chi connectivity index (χ0n) is 12.7. The summed E-state index contributed by atoms with van der Waals surface area (Å²) in [7, 11) is 0. The van der Waals surface area contributed by atoms with E-state index < -0.39 is 0 Å². The fourth-order valence-electron chi connectivity index (χ4n) is 2.22. The van der Waals surface area contributed by atoms with Gasteiger partial charge in [0.05, 0.1) is 0 Å². The smallest absolute Gasteiger partial charge is 0.128 e. The van der Waals surface area contributed by atoms with Crippen molar-refractivity contribution in [2.75, 3.05) is 0 Å². The molecular weight excluding hydrogens is 329 g/mol. The van der Waals surface area contributed by atoms with Gasteiger partial charge in [-0.15, -0.1) is 0 Å². The Morgan fingerprint density at radius 3 is 2.19 bits per heavy atom. The van der Waals surface area contributed by atoms with Crippen LogP contribution in [0.1, 0.15) is 49.4 Å². The monoisotopic (exact) mass is 349 g/mol. The van der Waals surface area contributed by atoms with E-state index in [1.165, 1.54) is 17.2 Å². The summed E-state index contributed by atoms with van der Waals surface area (Å²) in [5.74, 6) is 0.360. The summed E-state index contributed by atoms with van der Waals surface area (Å²) in [5, 5.41) is 3.37. The molecule has 1 unspecified atom stereocenters. The van der Waals surface area contributed by atoms with E-state index in [2.05, 4.69) is 66.3 Å². The topological polar surface area (TPSA) is 12.0 Å². The number of halogens is 2. The highest BCUT2D eigenvalue weighted by Gasteiger charge is 2.08. The molecule has 3 heteroatoms. The first-order valence-electron chi connectivity index (χ1n) is 7.24. The minimum Gasteiger partial charge on any atom is -0.306 e. The van der Waals surface area contributed by atoms with Gasteiger partial charge in [0.25, 0.3) is 0 Å². The number of hydrogen-bond acceptors (Lipinski definition) is 1. The summed E-state index contributed by atoms with van der Waals surface area (Å²) in [4.78, 5) is 0. The fourth-order valence-corrected chi connectivity index (χ4v) is 2.55. The lowest BCUT2D eigenvalue weighted by Crippen LogP contribution is -2.18. The third-order valence-electron chi connectivity index (χ3n) is 3.72. The molecule has 1 N–H and O–H groups in total. The average molecular weight is 350 g/mol. The van der Waals surface area contributed by atoms with Crippen LogP contribution in [0.5, 0.6) is 0 Å². The van der Waals surface area contributed by atoms with Crippen molar-refractivity contribution in [2.24, 2.45) is 0 Å². The zero-order valence-corrected chi connectivity index (χ0v) is 14.2. The van der Waals surface area contributed by atoms with Crippen LogP contribution in [0, 0.1) is 5.82 Å². The van der Waals surface area contributed by atoms with E-state index in [9.17, 15) is 4.39 Å². The van der Waals surface area contributed by atoms with Crippen molar-refractivity contribution in [1.82, 2.24) is 5.32 Å². The Morgan fingerprint density at radius 2 is 1.62 bits per heavy atom. The van der Waals surface area contributed by atoms with Crippen LogP contribution in [-0.4, -0.2) is 0 Å². The average Bonchev–Trinajstić information content (AvgIpc) is 2.46. The summed E-state index contributed by atoms with van der Waals surface area (Å²) in [6.45, 7) is 6.99. The van der Waals surface area contributed by atoms with Crippen LogP contribution < -0.4 is 5.32 Å². The van der Waals surface area contributed by atoms with Crippen LogP contribution in [0.4, 0.5) is 4.39 Å². The highest BCUT2D eigenvalue weighted by Crippen LogP contribution is 2.20. The molecule has 0 bridgehead atoms. The Balaban J connectivity index is 1.99. The lowest BCUT2D eigenvalue weighted by atomic mass is 9.99. The van der Waals surface area contributed by atoms with Crippen molar-refractivity contribution in [3.05, 3.63) is 69.4 Å². The van der Waals surface area contributed by atoms with Gasteiger partial charge in [0, 0.05) is 22.6 Å². The third-order valence-corrected chi connectivity index (χ3v) is 4.21. The number of hydrogen-bond donors (Lipinski definition) is 1. The fraction of sp³-hybridized carbons (Fsp3) is 0.333. The van der Waals surface area contributed by atoms with Gasteiger partial charge in [0.15, 0.2) is 0 Å². The Hall–Kier alpha value is -1.19. The first-order chi connectivity index (χ1) is 9.97. The minimum atomic E-state index is -0.181. The van der Waals surface area contributed by atoms with Crippen molar-refractivity contribution in [1.29, 1.82) is 0 Å². The quantitative estimate of drug-likeness (QED) is 0.744. The molecule has 0 aromatic heterocycles. The SMILES string of the molecule is CC(C)c1ccc(C(C)NCc2ccc(Br)cc2F)cc1. The molecule has 0 aliphatic carbocycles. The zero-order chi connectivity index (χ0) is 15.4. The summed E-state index contributed by atoms with van der Waals surface area (Å²) < 4.78 is 14.5. The minimum absolute atomic E-state index is 0.181. The molecular formula is C18H21BrFN. The lowest BCUT2D eigenvalue weighted by molar-refractivity contribution is 0.544. The molecule has 0 radical (unpaired) electrons. The summed E-state index contributed by atoms with van der Waals surface area (Å²) in [5.41, 5.74) is 3.24. The molecule has 112 valence electrons. The van der Waals surface area contributed by atoms with E-state index in [1.807, 2.05) is 6.07 Å². The van der Waals surface area contributed by atoms with Crippen LogP contribution in [-0.2, 0) is 6.54 Å². The van der Waals surface area contributed by atoms with Crippen LogP contribution in [0.15, 0.2) is 46.9 Å². The number of nitrogens with one attached hydrogen (secondary N) is 1. The Kier molecular flexibility index (Phi) is 5.54. The second-order valence-corrected chi connectivity index (χ2v) is 6.58. The Morgan fingerprint density at radius 1 is 1.00 bits per heavy atom. The van der Waals surface area contributed by atoms with Crippen molar-refractivity contribution in [3.63, 3.8) is 0 Å². The van der Waals surface area contributed by atoms with Gasteiger partial charge >= 0.3 is 0 Å². The predicted octanol–water partition coefficient (Wildman–Crippen LogP) is 5.56. The molecule has 21 heavy (non-hydrogen) atoms. The standard InChI is InChI=1S/C18H21BrFN/c1-12(2)14-4-6-15(7-5-14)13(3)21-11-16-8-9-17(19)10-18(16)20/h4-10,12-13,21H,11H2,1-3H3. The third kappa shape index (κ3) is 4.39. The van der Waals surface area contributed by atoms with Gasteiger partial charge in [-0.2, -0.15) is 0 Å². The molecule has 0 heterocycles. The molecule has 2 aromatic rings. The lowest BCUT2D eigenvalue weighted by Gasteiger charge is -2.16.